The number of halogens is 1. The molecule has 1 aliphatic carbocycles. The van der Waals surface area contributed by atoms with Crippen molar-refractivity contribution >= 4 is 0 Å². The third kappa shape index (κ3) is 4.89. The Morgan fingerprint density at radius 2 is 1.90 bits per heavy atom. The fraction of sp³-hybridized carbons (Fsp3) is 0.733. The maximum absolute atomic E-state index is 13.5. The van der Waals surface area contributed by atoms with Gasteiger partial charge in [0.05, 0.1) is 13.2 Å². The molecular formula is C15H24FNO4. The molecule has 0 fully saturated rings. The summed E-state index contributed by atoms with van der Waals surface area (Å²) < 4.78 is 24.7. The van der Waals surface area contributed by atoms with Crippen LogP contribution >= 0.6 is 0 Å². The van der Waals surface area contributed by atoms with Gasteiger partial charge < -0.3 is 9.47 Å². The highest BCUT2D eigenvalue weighted by Gasteiger charge is 2.51. The van der Waals surface area contributed by atoms with Crippen LogP contribution in [0, 0.1) is 10.1 Å². The quantitative estimate of drug-likeness (QED) is 0.267. The fourth-order valence-corrected chi connectivity index (χ4v) is 2.09. The van der Waals surface area contributed by atoms with Crippen molar-refractivity contribution < 1.29 is 18.8 Å². The average Bonchev–Trinajstić information content (AvgIpc) is 2.45. The molecule has 1 atom stereocenters. The Hall–Kier alpha value is -1.27. The van der Waals surface area contributed by atoms with Crippen LogP contribution in [0.2, 0.25) is 0 Å². The minimum Gasteiger partial charge on any atom is -0.346 e. The largest absolute Gasteiger partial charge is 0.346 e. The molecule has 120 valence electrons. The molecule has 0 aromatic carbocycles. The minimum atomic E-state index is -1.68. The molecule has 0 aromatic rings. The third-order valence-corrected chi connectivity index (χ3v) is 3.39. The molecule has 0 spiro atoms. The van der Waals surface area contributed by atoms with Crippen molar-refractivity contribution in [3.63, 3.8) is 0 Å². The van der Waals surface area contributed by atoms with Crippen LogP contribution in [0.25, 0.3) is 0 Å². The third-order valence-electron chi connectivity index (χ3n) is 3.39. The normalized spacial score (nSPS) is 21.6. The van der Waals surface area contributed by atoms with E-state index in [1.54, 1.807) is 0 Å². The Labute approximate surface area is 125 Å². The van der Waals surface area contributed by atoms with Crippen LogP contribution in [0.3, 0.4) is 0 Å². The number of unbranched alkanes of at least 4 members (excludes halogenated alkanes) is 2. The molecule has 21 heavy (non-hydrogen) atoms. The van der Waals surface area contributed by atoms with Gasteiger partial charge in [-0.25, -0.2) is 4.39 Å². The van der Waals surface area contributed by atoms with Gasteiger partial charge in [0.1, 0.15) is 5.83 Å². The summed E-state index contributed by atoms with van der Waals surface area (Å²) in [5.41, 5.74) is -1.68. The molecule has 1 rings (SSSR count). The molecule has 0 aromatic heterocycles. The molecule has 0 saturated heterocycles. The minimum absolute atomic E-state index is 0.0658. The average molecular weight is 301 g/mol. The molecule has 1 aliphatic rings. The van der Waals surface area contributed by atoms with Gasteiger partial charge >= 0.3 is 0 Å². The van der Waals surface area contributed by atoms with Crippen molar-refractivity contribution in [3.8, 4) is 0 Å². The summed E-state index contributed by atoms with van der Waals surface area (Å²) in [6, 6.07) is 0. The zero-order valence-corrected chi connectivity index (χ0v) is 12.7. The van der Waals surface area contributed by atoms with E-state index in [0.29, 0.717) is 13.2 Å². The Kier molecular flexibility index (Phi) is 7.53. The number of hydrogen-bond acceptors (Lipinski definition) is 4. The number of hydrogen-bond donors (Lipinski definition) is 0. The molecule has 0 N–H and O–H groups in total. The molecule has 0 amide bonds. The highest BCUT2D eigenvalue weighted by atomic mass is 19.1. The van der Waals surface area contributed by atoms with Gasteiger partial charge in [-0.2, -0.15) is 0 Å². The van der Waals surface area contributed by atoms with Crippen molar-refractivity contribution in [2.24, 2.45) is 0 Å². The van der Waals surface area contributed by atoms with Gasteiger partial charge in [0, 0.05) is 17.4 Å². The van der Waals surface area contributed by atoms with E-state index in [9.17, 15) is 14.5 Å². The molecule has 0 bridgehead atoms. The topological polar surface area (TPSA) is 61.6 Å². The van der Waals surface area contributed by atoms with Crippen LogP contribution in [0.4, 0.5) is 4.39 Å². The van der Waals surface area contributed by atoms with E-state index in [0.717, 1.165) is 31.8 Å². The summed E-state index contributed by atoms with van der Waals surface area (Å²) in [4.78, 5) is 11.0. The standard InChI is InChI=1S/C15H24FNO4/c1-3-5-10-20-14(21-11-6-4-2)15(17(18)19)9-7-8-13(16)12-15/h7-8,12,14H,3-6,9-11H2,1-2H3. The van der Waals surface area contributed by atoms with E-state index in [1.165, 1.54) is 12.2 Å². The lowest BCUT2D eigenvalue weighted by Crippen LogP contribution is -2.51. The zero-order valence-electron chi connectivity index (χ0n) is 12.7. The first-order chi connectivity index (χ1) is 10.1. The number of allylic oxidation sites excluding steroid dienone is 2. The van der Waals surface area contributed by atoms with E-state index in [4.69, 9.17) is 9.47 Å². The molecule has 0 radical (unpaired) electrons. The highest BCUT2D eigenvalue weighted by Crippen LogP contribution is 2.31. The number of ether oxygens (including phenoxy) is 2. The van der Waals surface area contributed by atoms with Crippen LogP contribution in [0.15, 0.2) is 24.1 Å². The monoisotopic (exact) mass is 301 g/mol. The van der Waals surface area contributed by atoms with Crippen LogP contribution in [0.5, 0.6) is 0 Å². The Morgan fingerprint density at radius 3 is 2.33 bits per heavy atom. The van der Waals surface area contributed by atoms with Crippen molar-refractivity contribution in [2.45, 2.75) is 57.8 Å². The lowest BCUT2D eigenvalue weighted by molar-refractivity contribution is -0.583. The van der Waals surface area contributed by atoms with Gasteiger partial charge in [0.2, 0.25) is 6.29 Å². The van der Waals surface area contributed by atoms with Gasteiger partial charge in [0.15, 0.2) is 0 Å². The van der Waals surface area contributed by atoms with Gasteiger partial charge in [-0.05, 0) is 18.9 Å². The molecule has 0 heterocycles. The second-order valence-electron chi connectivity index (χ2n) is 5.16. The predicted molar refractivity (Wildman–Crippen MR) is 78.2 cm³/mol. The van der Waals surface area contributed by atoms with Gasteiger partial charge in [0.25, 0.3) is 5.54 Å². The molecule has 0 saturated carbocycles. The second-order valence-corrected chi connectivity index (χ2v) is 5.16. The Bertz CT molecular complexity index is 387. The van der Waals surface area contributed by atoms with E-state index >= 15 is 0 Å². The van der Waals surface area contributed by atoms with Crippen molar-refractivity contribution in [1.29, 1.82) is 0 Å². The van der Waals surface area contributed by atoms with Crippen LogP contribution in [-0.2, 0) is 9.47 Å². The van der Waals surface area contributed by atoms with Crippen molar-refractivity contribution in [1.82, 2.24) is 0 Å². The molecule has 1 unspecified atom stereocenters. The second kappa shape index (κ2) is 8.89. The van der Waals surface area contributed by atoms with Gasteiger partial charge in [-0.3, -0.25) is 10.1 Å². The highest BCUT2D eigenvalue weighted by molar-refractivity contribution is 5.24. The summed E-state index contributed by atoms with van der Waals surface area (Å²) in [5, 5.41) is 11.5. The smallest absolute Gasteiger partial charge is 0.296 e. The lowest BCUT2D eigenvalue weighted by Gasteiger charge is -2.31. The summed E-state index contributed by atoms with van der Waals surface area (Å²) in [6.45, 7) is 4.73. The number of nitrogens with zero attached hydrogens (tertiary/aromatic N) is 1. The molecule has 5 nitrogen and oxygen atoms in total. The summed E-state index contributed by atoms with van der Waals surface area (Å²) in [6.07, 6.45) is 6.09. The van der Waals surface area contributed by atoms with Gasteiger partial charge in [-0.15, -0.1) is 0 Å². The van der Waals surface area contributed by atoms with Crippen molar-refractivity contribution in [3.05, 3.63) is 34.2 Å². The van der Waals surface area contributed by atoms with E-state index in [1.807, 2.05) is 13.8 Å². The lowest BCUT2D eigenvalue weighted by atomic mass is 9.90. The summed E-state index contributed by atoms with van der Waals surface area (Å²) >= 11 is 0. The first kappa shape index (κ1) is 17.8. The van der Waals surface area contributed by atoms with Gasteiger partial charge in [-0.1, -0.05) is 32.8 Å². The fourth-order valence-electron chi connectivity index (χ4n) is 2.09. The van der Waals surface area contributed by atoms with Crippen LogP contribution in [0.1, 0.15) is 46.0 Å². The predicted octanol–water partition coefficient (Wildman–Crippen LogP) is 3.77. The zero-order chi connectivity index (χ0) is 15.7. The van der Waals surface area contributed by atoms with Crippen LogP contribution < -0.4 is 0 Å². The van der Waals surface area contributed by atoms with Crippen LogP contribution in [-0.4, -0.2) is 30.0 Å². The van der Waals surface area contributed by atoms with E-state index < -0.39 is 22.6 Å². The van der Waals surface area contributed by atoms with E-state index in [-0.39, 0.29) is 6.42 Å². The molecule has 6 heteroatoms. The van der Waals surface area contributed by atoms with Crippen molar-refractivity contribution in [2.75, 3.05) is 13.2 Å². The maximum atomic E-state index is 13.5. The Morgan fingerprint density at radius 1 is 1.33 bits per heavy atom. The summed E-state index contributed by atoms with van der Waals surface area (Å²) in [5.74, 6) is -0.624. The molecule has 0 aliphatic heterocycles. The first-order valence-corrected chi connectivity index (χ1v) is 7.49. The first-order valence-electron chi connectivity index (χ1n) is 7.49. The maximum Gasteiger partial charge on any atom is 0.296 e. The SMILES string of the molecule is CCCCOC(OCCCC)C1([N+](=O)[O-])C=C(F)C=CC1. The number of nitro groups is 1. The molecular weight excluding hydrogens is 277 g/mol. The van der Waals surface area contributed by atoms with E-state index in [2.05, 4.69) is 0 Å². The summed E-state index contributed by atoms with van der Waals surface area (Å²) in [7, 11) is 0. The Balaban J connectivity index is 2.89. The number of rotatable bonds is 10.